The van der Waals surface area contributed by atoms with Crippen molar-refractivity contribution in [2.24, 2.45) is 5.73 Å². The molecule has 1 aromatic carbocycles. The van der Waals surface area contributed by atoms with Crippen LogP contribution in [0.2, 0.25) is 0 Å². The van der Waals surface area contributed by atoms with Crippen molar-refractivity contribution in [1.82, 2.24) is 0 Å². The van der Waals surface area contributed by atoms with Crippen LogP contribution in [0.15, 0.2) is 45.1 Å². The van der Waals surface area contributed by atoms with E-state index in [4.69, 9.17) is 5.73 Å². The Kier molecular flexibility index (Phi) is 5.24. The Morgan fingerprint density at radius 1 is 1.33 bits per heavy atom. The third-order valence-corrected chi connectivity index (χ3v) is 5.61. The number of halogens is 2. The molecule has 0 bridgehead atoms. The average Bonchev–Trinajstić information content (AvgIpc) is 2.74. The summed E-state index contributed by atoms with van der Waals surface area (Å²) in [5.41, 5.74) is 6.07. The van der Waals surface area contributed by atoms with E-state index in [1.807, 2.05) is 17.5 Å². The van der Waals surface area contributed by atoms with E-state index in [1.165, 1.54) is 22.7 Å². The molecular weight excluding hydrogens is 333 g/mol. The van der Waals surface area contributed by atoms with Crippen LogP contribution in [0.3, 0.4) is 0 Å². The lowest BCUT2D eigenvalue weighted by molar-refractivity contribution is 0.601. The van der Waals surface area contributed by atoms with Crippen molar-refractivity contribution in [2.45, 2.75) is 17.4 Å². The van der Waals surface area contributed by atoms with Gasteiger partial charge in [0.05, 0.1) is 0 Å². The molecule has 1 aromatic heterocycles. The summed E-state index contributed by atoms with van der Waals surface area (Å²) in [5.74, 6) is 0.539. The first-order valence-electron chi connectivity index (χ1n) is 5.51. The standard InChI is InChI=1S/C13H13BrFNS2/c14-10-5-6-17-13(10)7-9(16)8-18-12-4-2-1-3-11(12)15/h1-6,9H,7-8,16H2. The maximum absolute atomic E-state index is 13.4. The largest absolute Gasteiger partial charge is 0.327 e. The van der Waals surface area contributed by atoms with E-state index < -0.39 is 0 Å². The Hall–Kier alpha value is -0.360. The van der Waals surface area contributed by atoms with E-state index in [1.54, 1.807) is 23.5 Å². The van der Waals surface area contributed by atoms with Crippen molar-refractivity contribution in [2.75, 3.05) is 5.75 Å². The summed E-state index contributed by atoms with van der Waals surface area (Å²) >= 11 is 6.66. The zero-order chi connectivity index (χ0) is 13.0. The first-order chi connectivity index (χ1) is 8.66. The summed E-state index contributed by atoms with van der Waals surface area (Å²) in [6.45, 7) is 0. The first kappa shape index (κ1) is 14.1. The van der Waals surface area contributed by atoms with Crippen molar-refractivity contribution < 1.29 is 4.39 Å². The predicted octanol–water partition coefficient (Wildman–Crippen LogP) is 4.31. The monoisotopic (exact) mass is 345 g/mol. The lowest BCUT2D eigenvalue weighted by atomic mass is 10.2. The molecule has 0 fully saturated rings. The quantitative estimate of drug-likeness (QED) is 0.817. The van der Waals surface area contributed by atoms with Gasteiger partial charge in [0.25, 0.3) is 0 Å². The van der Waals surface area contributed by atoms with Crippen LogP contribution in [-0.2, 0) is 6.42 Å². The van der Waals surface area contributed by atoms with E-state index in [0.29, 0.717) is 10.6 Å². The maximum Gasteiger partial charge on any atom is 0.136 e. The Balaban J connectivity index is 1.87. The van der Waals surface area contributed by atoms with Gasteiger partial charge in [0.2, 0.25) is 0 Å². The van der Waals surface area contributed by atoms with Crippen LogP contribution in [0, 0.1) is 5.82 Å². The molecule has 1 unspecified atom stereocenters. The molecule has 0 aliphatic carbocycles. The second kappa shape index (κ2) is 6.70. The van der Waals surface area contributed by atoms with Crippen LogP contribution in [0.1, 0.15) is 4.88 Å². The van der Waals surface area contributed by atoms with Crippen molar-refractivity contribution in [3.05, 3.63) is 50.9 Å². The minimum Gasteiger partial charge on any atom is -0.327 e. The Labute approximate surface area is 123 Å². The molecule has 0 saturated heterocycles. The summed E-state index contributed by atoms with van der Waals surface area (Å²) in [4.78, 5) is 1.91. The fraction of sp³-hybridized carbons (Fsp3) is 0.231. The summed E-state index contributed by atoms with van der Waals surface area (Å²) in [5, 5.41) is 2.04. The second-order valence-corrected chi connectivity index (χ2v) is 6.81. The van der Waals surface area contributed by atoms with Crippen LogP contribution in [-0.4, -0.2) is 11.8 Å². The van der Waals surface area contributed by atoms with Gasteiger partial charge in [0.15, 0.2) is 0 Å². The van der Waals surface area contributed by atoms with Gasteiger partial charge in [-0.1, -0.05) is 12.1 Å². The number of benzene rings is 1. The summed E-state index contributed by atoms with van der Waals surface area (Å²) < 4.78 is 14.5. The Bertz CT molecular complexity index is 515. The van der Waals surface area contributed by atoms with Gasteiger partial charge in [0.1, 0.15) is 5.82 Å². The van der Waals surface area contributed by atoms with Gasteiger partial charge in [-0.05, 0) is 45.9 Å². The van der Waals surface area contributed by atoms with Gasteiger partial charge in [-0.15, -0.1) is 23.1 Å². The number of thioether (sulfide) groups is 1. The van der Waals surface area contributed by atoms with E-state index in [2.05, 4.69) is 15.9 Å². The van der Waals surface area contributed by atoms with Crippen molar-refractivity contribution in [3.8, 4) is 0 Å². The number of hydrogen-bond donors (Lipinski definition) is 1. The highest BCUT2D eigenvalue weighted by Gasteiger charge is 2.10. The third kappa shape index (κ3) is 3.82. The highest BCUT2D eigenvalue weighted by molar-refractivity contribution is 9.10. The number of rotatable bonds is 5. The lowest BCUT2D eigenvalue weighted by Gasteiger charge is -2.10. The fourth-order valence-electron chi connectivity index (χ4n) is 1.53. The van der Waals surface area contributed by atoms with Crippen LogP contribution < -0.4 is 5.73 Å². The third-order valence-electron chi connectivity index (χ3n) is 2.43. The van der Waals surface area contributed by atoms with E-state index in [9.17, 15) is 4.39 Å². The van der Waals surface area contributed by atoms with Gasteiger partial charge in [0, 0.05) is 26.0 Å². The second-order valence-electron chi connectivity index (χ2n) is 3.90. The Morgan fingerprint density at radius 2 is 2.11 bits per heavy atom. The minimum absolute atomic E-state index is 0.0320. The summed E-state index contributed by atoms with van der Waals surface area (Å²) in [6.07, 6.45) is 0.819. The molecule has 1 atom stereocenters. The number of nitrogens with two attached hydrogens (primary N) is 1. The summed E-state index contributed by atoms with van der Waals surface area (Å²) in [7, 11) is 0. The van der Waals surface area contributed by atoms with Gasteiger partial charge in [-0.3, -0.25) is 0 Å². The smallest absolute Gasteiger partial charge is 0.136 e. The normalized spacial score (nSPS) is 12.6. The highest BCUT2D eigenvalue weighted by Crippen LogP contribution is 2.26. The van der Waals surface area contributed by atoms with Gasteiger partial charge in [-0.25, -0.2) is 4.39 Å². The molecule has 2 rings (SSSR count). The van der Waals surface area contributed by atoms with E-state index >= 15 is 0 Å². The topological polar surface area (TPSA) is 26.0 Å². The van der Waals surface area contributed by atoms with Crippen molar-refractivity contribution >= 4 is 39.0 Å². The van der Waals surface area contributed by atoms with E-state index in [0.717, 1.165) is 10.9 Å². The SMILES string of the molecule is NC(CSc1ccccc1F)Cc1sccc1Br. The van der Waals surface area contributed by atoms with Crippen LogP contribution in [0.5, 0.6) is 0 Å². The zero-order valence-corrected chi connectivity index (χ0v) is 12.8. The van der Waals surface area contributed by atoms with Crippen LogP contribution >= 0.6 is 39.0 Å². The minimum atomic E-state index is -0.174. The molecule has 0 amide bonds. The van der Waals surface area contributed by atoms with Gasteiger partial charge in [-0.2, -0.15) is 0 Å². The highest BCUT2D eigenvalue weighted by atomic mass is 79.9. The maximum atomic E-state index is 13.4. The molecule has 5 heteroatoms. The molecule has 1 heterocycles. The van der Waals surface area contributed by atoms with Crippen molar-refractivity contribution in [3.63, 3.8) is 0 Å². The predicted molar refractivity (Wildman–Crippen MR) is 80.8 cm³/mol. The van der Waals surface area contributed by atoms with Gasteiger partial charge < -0.3 is 5.73 Å². The molecule has 0 aliphatic heterocycles. The van der Waals surface area contributed by atoms with Crippen LogP contribution in [0.4, 0.5) is 4.39 Å². The molecule has 0 saturated carbocycles. The molecule has 2 aromatic rings. The molecule has 0 spiro atoms. The molecule has 2 N–H and O–H groups in total. The molecule has 0 radical (unpaired) electrons. The van der Waals surface area contributed by atoms with Crippen molar-refractivity contribution in [1.29, 1.82) is 0 Å². The van der Waals surface area contributed by atoms with Gasteiger partial charge >= 0.3 is 0 Å². The lowest BCUT2D eigenvalue weighted by Crippen LogP contribution is -2.25. The number of thiophene rings is 1. The zero-order valence-electron chi connectivity index (χ0n) is 9.61. The summed E-state index contributed by atoms with van der Waals surface area (Å²) in [6, 6.07) is 8.85. The molecule has 18 heavy (non-hydrogen) atoms. The molecular formula is C13H13BrFNS2. The average molecular weight is 346 g/mol. The van der Waals surface area contributed by atoms with E-state index in [-0.39, 0.29) is 11.9 Å². The first-order valence-corrected chi connectivity index (χ1v) is 8.17. The molecule has 0 aliphatic rings. The fourth-order valence-corrected chi connectivity index (χ4v) is 4.03. The number of hydrogen-bond acceptors (Lipinski definition) is 3. The molecule has 96 valence electrons. The van der Waals surface area contributed by atoms with Crippen LogP contribution in [0.25, 0.3) is 0 Å². The Morgan fingerprint density at radius 3 is 2.78 bits per heavy atom. The molecule has 1 nitrogen and oxygen atoms in total.